The van der Waals surface area contributed by atoms with Gasteiger partial charge in [-0.3, -0.25) is 4.79 Å². The van der Waals surface area contributed by atoms with Gasteiger partial charge in [0.05, 0.1) is 14.2 Å². The first-order chi connectivity index (χ1) is 15.5. The fourth-order valence-corrected chi connectivity index (χ4v) is 3.14. The molecule has 2 heterocycles. The lowest BCUT2D eigenvalue weighted by atomic mass is 10.1. The summed E-state index contributed by atoms with van der Waals surface area (Å²) < 4.78 is 16.6. The number of aromatic hydroxyl groups is 1. The van der Waals surface area contributed by atoms with Crippen LogP contribution in [0.1, 0.15) is 16.1 Å². The molecule has 2 aromatic carbocycles. The van der Waals surface area contributed by atoms with E-state index in [9.17, 15) is 9.90 Å². The van der Waals surface area contributed by atoms with E-state index in [1.165, 1.54) is 19.2 Å². The molecule has 4 aromatic rings. The number of carbonyl (C=O) groups is 1. The molecule has 0 radical (unpaired) electrons. The first-order valence-electron chi connectivity index (χ1n) is 9.75. The number of phenolic OH excluding ortho intramolecular Hbond substituents is 1. The molecule has 162 valence electrons. The van der Waals surface area contributed by atoms with Gasteiger partial charge in [0, 0.05) is 23.2 Å². The van der Waals surface area contributed by atoms with Crippen molar-refractivity contribution in [2.24, 2.45) is 4.99 Å². The number of phenols is 1. The first kappa shape index (κ1) is 20.9. The van der Waals surface area contributed by atoms with E-state index in [2.05, 4.69) is 15.3 Å². The number of carbonyl (C=O) groups excluding carboxylic acids is 1. The van der Waals surface area contributed by atoms with Gasteiger partial charge in [-0.25, -0.2) is 9.98 Å². The fourth-order valence-electron chi connectivity index (χ4n) is 3.14. The Morgan fingerprint density at radius 2 is 1.91 bits per heavy atom. The smallest absolute Gasteiger partial charge is 0.262 e. The number of anilines is 1. The van der Waals surface area contributed by atoms with Gasteiger partial charge in [-0.15, -0.1) is 0 Å². The Bertz CT molecular complexity index is 1380. The number of rotatable bonds is 5. The van der Waals surface area contributed by atoms with E-state index in [1.807, 2.05) is 13.0 Å². The molecule has 2 N–H and O–H groups in total. The lowest BCUT2D eigenvalue weighted by Gasteiger charge is -2.09. The molecule has 8 nitrogen and oxygen atoms in total. The van der Waals surface area contributed by atoms with Gasteiger partial charge in [-0.2, -0.15) is 0 Å². The monoisotopic (exact) mass is 431 g/mol. The summed E-state index contributed by atoms with van der Waals surface area (Å²) in [7, 11) is 3.07. The maximum Gasteiger partial charge on any atom is 0.262 e. The molecule has 0 aliphatic carbocycles. The van der Waals surface area contributed by atoms with Gasteiger partial charge < -0.3 is 24.3 Å². The van der Waals surface area contributed by atoms with Crippen LogP contribution >= 0.6 is 0 Å². The van der Waals surface area contributed by atoms with E-state index in [1.54, 1.807) is 49.6 Å². The molecule has 0 unspecified atom stereocenters. The Morgan fingerprint density at radius 1 is 1.06 bits per heavy atom. The van der Waals surface area contributed by atoms with E-state index in [0.29, 0.717) is 34.0 Å². The second-order valence-electron chi connectivity index (χ2n) is 6.96. The number of ether oxygens (including phenoxy) is 2. The van der Waals surface area contributed by atoms with Crippen molar-refractivity contribution in [1.29, 1.82) is 0 Å². The highest BCUT2D eigenvalue weighted by Crippen LogP contribution is 2.31. The van der Waals surface area contributed by atoms with Crippen LogP contribution in [-0.4, -0.2) is 30.2 Å². The molecular formula is C24H21N3O5. The Labute approximate surface area is 183 Å². The highest BCUT2D eigenvalue weighted by Gasteiger charge is 2.15. The topological polar surface area (TPSA) is 106 Å². The Kier molecular flexibility index (Phi) is 5.76. The van der Waals surface area contributed by atoms with Crippen molar-refractivity contribution in [3.8, 4) is 17.2 Å². The Morgan fingerprint density at radius 3 is 2.66 bits per heavy atom. The quantitative estimate of drug-likeness (QED) is 0.487. The summed E-state index contributed by atoms with van der Waals surface area (Å²) in [4.78, 5) is 22.0. The molecule has 32 heavy (non-hydrogen) atoms. The molecule has 0 fully saturated rings. The number of hydrogen-bond acceptors (Lipinski definition) is 7. The minimum atomic E-state index is -0.437. The summed E-state index contributed by atoms with van der Waals surface area (Å²) >= 11 is 0. The average molecular weight is 431 g/mol. The van der Waals surface area contributed by atoms with Gasteiger partial charge in [0.1, 0.15) is 39.9 Å². The van der Waals surface area contributed by atoms with Crippen LogP contribution in [0.15, 0.2) is 70.1 Å². The maximum atomic E-state index is 13.1. The number of aromatic nitrogens is 1. The second-order valence-corrected chi connectivity index (χ2v) is 6.96. The SMILES string of the molecule is COc1ccc(N=c2oc3cc(O)ccc3cc2C(=O)Nc2cccc(C)n2)c(OC)c1. The molecule has 8 heteroatoms. The highest BCUT2D eigenvalue weighted by atomic mass is 16.5. The summed E-state index contributed by atoms with van der Waals surface area (Å²) in [5.74, 6) is 1.06. The van der Waals surface area contributed by atoms with Crippen LogP contribution in [0, 0.1) is 6.92 Å². The van der Waals surface area contributed by atoms with E-state index in [-0.39, 0.29) is 16.9 Å². The van der Waals surface area contributed by atoms with Gasteiger partial charge in [-0.05, 0) is 49.4 Å². The lowest BCUT2D eigenvalue weighted by molar-refractivity contribution is 0.102. The molecule has 1 amide bonds. The summed E-state index contributed by atoms with van der Waals surface area (Å²) in [6.07, 6.45) is 0. The van der Waals surface area contributed by atoms with Crippen molar-refractivity contribution in [1.82, 2.24) is 4.98 Å². The van der Waals surface area contributed by atoms with Crippen molar-refractivity contribution < 1.29 is 23.8 Å². The van der Waals surface area contributed by atoms with E-state index in [0.717, 1.165) is 5.69 Å². The van der Waals surface area contributed by atoms with Gasteiger partial charge in [0.2, 0.25) is 5.55 Å². The fraction of sp³-hybridized carbons (Fsp3) is 0.125. The number of nitrogens with one attached hydrogen (secondary N) is 1. The van der Waals surface area contributed by atoms with Crippen LogP contribution in [0.3, 0.4) is 0 Å². The van der Waals surface area contributed by atoms with E-state index in [4.69, 9.17) is 13.9 Å². The molecule has 4 rings (SSSR count). The van der Waals surface area contributed by atoms with Crippen molar-refractivity contribution in [2.45, 2.75) is 6.92 Å². The lowest BCUT2D eigenvalue weighted by Crippen LogP contribution is -2.22. The third kappa shape index (κ3) is 4.39. The maximum absolute atomic E-state index is 13.1. The molecule has 0 aliphatic rings. The molecule has 0 aliphatic heterocycles. The predicted molar refractivity (Wildman–Crippen MR) is 120 cm³/mol. The van der Waals surface area contributed by atoms with Crippen LogP contribution in [0.25, 0.3) is 11.0 Å². The molecule has 2 aromatic heterocycles. The third-order valence-corrected chi connectivity index (χ3v) is 4.72. The minimum Gasteiger partial charge on any atom is -0.508 e. The van der Waals surface area contributed by atoms with Crippen LogP contribution in [0.5, 0.6) is 17.2 Å². The summed E-state index contributed by atoms with van der Waals surface area (Å²) in [5, 5.41) is 13.2. The Hall–Kier alpha value is -4.33. The van der Waals surface area contributed by atoms with Crippen LogP contribution < -0.4 is 20.3 Å². The zero-order valence-corrected chi connectivity index (χ0v) is 17.7. The molecular weight excluding hydrogens is 410 g/mol. The second kappa shape index (κ2) is 8.81. The predicted octanol–water partition coefficient (Wildman–Crippen LogP) is 4.34. The zero-order valence-electron chi connectivity index (χ0n) is 17.7. The normalized spacial score (nSPS) is 11.4. The summed E-state index contributed by atoms with van der Waals surface area (Å²) in [6.45, 7) is 1.84. The zero-order chi connectivity index (χ0) is 22.7. The summed E-state index contributed by atoms with van der Waals surface area (Å²) in [5.41, 5.74) is 1.84. The molecule has 0 saturated carbocycles. The van der Waals surface area contributed by atoms with Gasteiger partial charge in [0.25, 0.3) is 5.91 Å². The number of pyridine rings is 1. The summed E-state index contributed by atoms with van der Waals surface area (Å²) in [6, 6.07) is 16.7. The molecule has 0 bridgehead atoms. The van der Waals surface area contributed by atoms with Gasteiger partial charge in [0.15, 0.2) is 0 Å². The minimum absolute atomic E-state index is 0.0374. The van der Waals surface area contributed by atoms with Gasteiger partial charge >= 0.3 is 0 Å². The van der Waals surface area contributed by atoms with Crippen molar-refractivity contribution >= 4 is 28.4 Å². The number of methoxy groups -OCH3 is 2. The standard InChI is InChI=1S/C24H21N3O5/c1-14-5-4-6-22(25-14)27-23(29)18-11-15-7-8-16(28)12-20(15)32-24(18)26-19-10-9-17(30-2)13-21(19)31-3/h4-13,28H,1-3H3,(H,25,27,29). The van der Waals surface area contributed by atoms with E-state index < -0.39 is 5.91 Å². The van der Waals surface area contributed by atoms with Crippen LogP contribution in [0.4, 0.5) is 11.5 Å². The van der Waals surface area contributed by atoms with Gasteiger partial charge in [-0.1, -0.05) is 6.07 Å². The molecule has 0 spiro atoms. The highest BCUT2D eigenvalue weighted by molar-refractivity contribution is 6.05. The number of hydrogen-bond donors (Lipinski definition) is 2. The number of nitrogens with zero attached hydrogens (tertiary/aromatic N) is 2. The number of fused-ring (bicyclic) bond motifs is 1. The molecule has 0 saturated heterocycles. The van der Waals surface area contributed by atoms with Crippen molar-refractivity contribution in [3.63, 3.8) is 0 Å². The first-order valence-corrected chi connectivity index (χ1v) is 9.75. The van der Waals surface area contributed by atoms with Crippen LogP contribution in [0.2, 0.25) is 0 Å². The average Bonchev–Trinajstić information content (AvgIpc) is 2.78. The Balaban J connectivity index is 1.88. The van der Waals surface area contributed by atoms with Crippen LogP contribution in [-0.2, 0) is 0 Å². The number of benzene rings is 2. The van der Waals surface area contributed by atoms with Crippen molar-refractivity contribution in [3.05, 3.63) is 77.5 Å². The molecule has 0 atom stereocenters. The number of aryl methyl sites for hydroxylation is 1. The van der Waals surface area contributed by atoms with E-state index >= 15 is 0 Å². The largest absolute Gasteiger partial charge is 0.508 e. The third-order valence-electron chi connectivity index (χ3n) is 4.72. The van der Waals surface area contributed by atoms with Crippen molar-refractivity contribution in [2.75, 3.05) is 19.5 Å². The number of amides is 1.